The van der Waals surface area contributed by atoms with Crippen LogP contribution in [-0.4, -0.2) is 19.6 Å². The normalized spacial score (nSPS) is 20.7. The first-order valence-electron chi connectivity index (χ1n) is 5.50. The lowest BCUT2D eigenvalue weighted by Gasteiger charge is -2.09. The molecule has 1 heterocycles. The highest BCUT2D eigenvalue weighted by Gasteiger charge is 2.13. The van der Waals surface area contributed by atoms with Crippen LogP contribution in [0.2, 0.25) is 0 Å². The minimum atomic E-state index is 0.817. The summed E-state index contributed by atoms with van der Waals surface area (Å²) >= 11 is 3.48. The molecule has 1 saturated heterocycles. The van der Waals surface area contributed by atoms with Gasteiger partial charge in [0.05, 0.1) is 0 Å². The van der Waals surface area contributed by atoms with E-state index in [-0.39, 0.29) is 0 Å². The van der Waals surface area contributed by atoms with Gasteiger partial charge in [-0.25, -0.2) is 0 Å². The summed E-state index contributed by atoms with van der Waals surface area (Å²) in [5.74, 6) is 0.817. The van der Waals surface area contributed by atoms with Crippen molar-refractivity contribution in [3.8, 4) is 0 Å². The van der Waals surface area contributed by atoms with Gasteiger partial charge >= 0.3 is 0 Å². The van der Waals surface area contributed by atoms with E-state index in [4.69, 9.17) is 0 Å². The number of halogens is 1. The number of hydrogen-bond acceptors (Lipinski definition) is 2. The lowest BCUT2D eigenvalue weighted by Crippen LogP contribution is -2.23. The number of hydrogen-bond donors (Lipinski definition) is 2. The van der Waals surface area contributed by atoms with Crippen molar-refractivity contribution in [1.29, 1.82) is 0 Å². The van der Waals surface area contributed by atoms with Crippen LogP contribution < -0.4 is 10.6 Å². The number of benzene rings is 1. The molecule has 82 valence electrons. The van der Waals surface area contributed by atoms with Gasteiger partial charge in [0.1, 0.15) is 0 Å². The van der Waals surface area contributed by atoms with Gasteiger partial charge in [-0.1, -0.05) is 28.1 Å². The van der Waals surface area contributed by atoms with Gasteiger partial charge in [0.2, 0.25) is 0 Å². The van der Waals surface area contributed by atoms with Gasteiger partial charge < -0.3 is 10.6 Å². The highest BCUT2D eigenvalue weighted by atomic mass is 79.9. The molecule has 1 unspecified atom stereocenters. The van der Waals surface area contributed by atoms with Crippen LogP contribution in [0, 0.1) is 5.92 Å². The van der Waals surface area contributed by atoms with E-state index in [1.54, 1.807) is 0 Å². The van der Waals surface area contributed by atoms with E-state index >= 15 is 0 Å². The molecule has 0 amide bonds. The van der Waals surface area contributed by atoms with E-state index in [1.165, 1.54) is 25.1 Å². The van der Waals surface area contributed by atoms with Crippen LogP contribution in [0.15, 0.2) is 28.7 Å². The van der Waals surface area contributed by atoms with Crippen molar-refractivity contribution in [1.82, 2.24) is 10.6 Å². The SMILES string of the molecule is Brc1cccc(CNCC2CCNC2)c1. The van der Waals surface area contributed by atoms with Crippen molar-refractivity contribution < 1.29 is 0 Å². The predicted molar refractivity (Wildman–Crippen MR) is 66.8 cm³/mol. The molecular formula is C12H17BrN2. The molecule has 1 atom stereocenters. The van der Waals surface area contributed by atoms with E-state index in [9.17, 15) is 0 Å². The quantitative estimate of drug-likeness (QED) is 0.875. The molecule has 0 radical (unpaired) electrons. The third-order valence-corrected chi connectivity index (χ3v) is 3.31. The smallest absolute Gasteiger partial charge is 0.0206 e. The van der Waals surface area contributed by atoms with E-state index in [2.05, 4.69) is 50.8 Å². The summed E-state index contributed by atoms with van der Waals surface area (Å²) in [7, 11) is 0. The predicted octanol–water partition coefficient (Wildman–Crippen LogP) is 2.15. The van der Waals surface area contributed by atoms with Crippen LogP contribution in [0.4, 0.5) is 0 Å². The Labute approximate surface area is 99.6 Å². The molecular weight excluding hydrogens is 252 g/mol. The zero-order chi connectivity index (χ0) is 10.5. The Morgan fingerprint density at radius 1 is 1.47 bits per heavy atom. The fourth-order valence-corrected chi connectivity index (χ4v) is 2.40. The van der Waals surface area contributed by atoms with E-state index in [0.717, 1.165) is 23.5 Å². The Balaban J connectivity index is 1.73. The number of nitrogens with one attached hydrogen (secondary N) is 2. The third-order valence-electron chi connectivity index (χ3n) is 2.81. The van der Waals surface area contributed by atoms with Crippen molar-refractivity contribution in [2.24, 2.45) is 5.92 Å². The first-order valence-corrected chi connectivity index (χ1v) is 6.30. The van der Waals surface area contributed by atoms with Crippen molar-refractivity contribution in [3.63, 3.8) is 0 Å². The molecule has 1 aromatic carbocycles. The minimum Gasteiger partial charge on any atom is -0.316 e. The molecule has 1 fully saturated rings. The van der Waals surface area contributed by atoms with Gasteiger partial charge in [0.15, 0.2) is 0 Å². The molecule has 2 N–H and O–H groups in total. The highest BCUT2D eigenvalue weighted by Crippen LogP contribution is 2.11. The van der Waals surface area contributed by atoms with E-state index in [1.807, 2.05) is 0 Å². The molecule has 0 aliphatic carbocycles. The van der Waals surface area contributed by atoms with Crippen molar-refractivity contribution in [2.45, 2.75) is 13.0 Å². The van der Waals surface area contributed by atoms with Crippen LogP contribution in [0.25, 0.3) is 0 Å². The third kappa shape index (κ3) is 3.59. The summed E-state index contributed by atoms with van der Waals surface area (Å²) in [6.45, 7) is 4.45. The Bertz CT molecular complexity index is 308. The average Bonchev–Trinajstić information content (AvgIpc) is 2.71. The average molecular weight is 269 g/mol. The van der Waals surface area contributed by atoms with Gasteiger partial charge in [-0.2, -0.15) is 0 Å². The maximum Gasteiger partial charge on any atom is 0.0206 e. The topological polar surface area (TPSA) is 24.1 Å². The molecule has 0 bridgehead atoms. The first kappa shape index (κ1) is 11.1. The maximum absolute atomic E-state index is 3.51. The Morgan fingerprint density at radius 3 is 3.13 bits per heavy atom. The fourth-order valence-electron chi connectivity index (χ4n) is 1.96. The maximum atomic E-state index is 3.51. The Hall–Kier alpha value is -0.380. The van der Waals surface area contributed by atoms with Crippen molar-refractivity contribution in [2.75, 3.05) is 19.6 Å². The molecule has 3 heteroatoms. The van der Waals surface area contributed by atoms with Gasteiger partial charge in [-0.05, 0) is 49.7 Å². The van der Waals surface area contributed by atoms with Gasteiger partial charge in [-0.15, -0.1) is 0 Å². The largest absolute Gasteiger partial charge is 0.316 e. The van der Waals surface area contributed by atoms with E-state index < -0.39 is 0 Å². The molecule has 0 spiro atoms. The summed E-state index contributed by atoms with van der Waals surface area (Å²) in [5, 5.41) is 6.89. The van der Waals surface area contributed by atoms with E-state index in [0.29, 0.717) is 0 Å². The molecule has 15 heavy (non-hydrogen) atoms. The highest BCUT2D eigenvalue weighted by molar-refractivity contribution is 9.10. The van der Waals surface area contributed by atoms with Crippen molar-refractivity contribution >= 4 is 15.9 Å². The first-order chi connectivity index (χ1) is 7.34. The zero-order valence-electron chi connectivity index (χ0n) is 8.80. The fraction of sp³-hybridized carbons (Fsp3) is 0.500. The summed E-state index contributed by atoms with van der Waals surface area (Å²) in [6, 6.07) is 8.47. The summed E-state index contributed by atoms with van der Waals surface area (Å²) < 4.78 is 1.16. The second-order valence-corrected chi connectivity index (χ2v) is 5.04. The van der Waals surface area contributed by atoms with Gasteiger partial charge in [0.25, 0.3) is 0 Å². The molecule has 1 aliphatic heterocycles. The molecule has 1 aromatic rings. The summed E-state index contributed by atoms with van der Waals surface area (Å²) in [4.78, 5) is 0. The van der Waals surface area contributed by atoms with Crippen LogP contribution in [0.3, 0.4) is 0 Å². The molecule has 2 rings (SSSR count). The summed E-state index contributed by atoms with van der Waals surface area (Å²) in [6.07, 6.45) is 1.31. The second-order valence-electron chi connectivity index (χ2n) is 4.12. The lowest BCUT2D eigenvalue weighted by molar-refractivity contribution is 0.512. The van der Waals surface area contributed by atoms with Gasteiger partial charge in [-0.3, -0.25) is 0 Å². The molecule has 1 aliphatic rings. The second kappa shape index (κ2) is 5.64. The standard InChI is InChI=1S/C12H17BrN2/c13-12-3-1-2-10(6-12)7-15-9-11-4-5-14-8-11/h1-3,6,11,14-15H,4-5,7-9H2. The van der Waals surface area contributed by atoms with Crippen LogP contribution >= 0.6 is 15.9 Å². The summed E-state index contributed by atoms with van der Waals surface area (Å²) in [5.41, 5.74) is 1.34. The zero-order valence-corrected chi connectivity index (χ0v) is 10.4. The lowest BCUT2D eigenvalue weighted by atomic mass is 10.1. The van der Waals surface area contributed by atoms with Crippen LogP contribution in [-0.2, 0) is 6.54 Å². The molecule has 0 saturated carbocycles. The van der Waals surface area contributed by atoms with Crippen molar-refractivity contribution in [3.05, 3.63) is 34.3 Å². The monoisotopic (exact) mass is 268 g/mol. The molecule has 0 aromatic heterocycles. The minimum absolute atomic E-state index is 0.817. The Morgan fingerprint density at radius 2 is 2.40 bits per heavy atom. The van der Waals surface area contributed by atoms with Crippen LogP contribution in [0.5, 0.6) is 0 Å². The number of rotatable bonds is 4. The Kier molecular flexibility index (Phi) is 4.18. The van der Waals surface area contributed by atoms with Gasteiger partial charge in [0, 0.05) is 11.0 Å². The van der Waals surface area contributed by atoms with Crippen LogP contribution in [0.1, 0.15) is 12.0 Å². The molecule has 2 nitrogen and oxygen atoms in total.